The number of esters is 1. The predicted octanol–water partition coefficient (Wildman–Crippen LogP) is 1.79. The normalized spacial score (nSPS) is 11.0. The number of methoxy groups -OCH3 is 1. The van der Waals surface area contributed by atoms with Crippen molar-refractivity contribution in [2.45, 2.75) is 13.5 Å². The highest BCUT2D eigenvalue weighted by atomic mass is 16.6. The molecule has 0 heterocycles. The van der Waals surface area contributed by atoms with Crippen molar-refractivity contribution in [2.75, 3.05) is 13.7 Å². The van der Waals surface area contributed by atoms with Crippen LogP contribution in [0.2, 0.25) is 0 Å². The highest BCUT2D eigenvalue weighted by Gasteiger charge is 2.11. The molecule has 0 atom stereocenters. The maximum absolute atomic E-state index is 11.3. The summed E-state index contributed by atoms with van der Waals surface area (Å²) >= 11 is 0. The molecule has 0 aliphatic rings. The SMILES string of the molecule is CCOC(=O)C(=NCc1ccccc1)OC. The van der Waals surface area contributed by atoms with Gasteiger partial charge in [-0.25, -0.2) is 9.79 Å². The van der Waals surface area contributed by atoms with E-state index in [1.807, 2.05) is 30.3 Å². The molecule has 0 spiro atoms. The Morgan fingerprint density at radius 3 is 2.56 bits per heavy atom. The Bertz CT molecular complexity index is 360. The molecule has 0 amide bonds. The van der Waals surface area contributed by atoms with Gasteiger partial charge in [0.1, 0.15) is 0 Å². The molecule has 1 aromatic carbocycles. The molecule has 0 fully saturated rings. The van der Waals surface area contributed by atoms with Crippen LogP contribution in [-0.2, 0) is 20.8 Å². The second-order valence-corrected chi connectivity index (χ2v) is 3.03. The van der Waals surface area contributed by atoms with Gasteiger partial charge in [0.25, 0.3) is 5.90 Å². The number of hydrogen-bond acceptors (Lipinski definition) is 4. The van der Waals surface area contributed by atoms with E-state index in [9.17, 15) is 4.79 Å². The van der Waals surface area contributed by atoms with Gasteiger partial charge in [0, 0.05) is 0 Å². The standard InChI is InChI=1S/C12H15NO3/c1-3-16-12(14)11(15-2)13-9-10-7-5-4-6-8-10/h4-8H,3,9H2,1-2H3. The van der Waals surface area contributed by atoms with Crippen molar-refractivity contribution in [3.8, 4) is 0 Å². The van der Waals surface area contributed by atoms with E-state index in [-0.39, 0.29) is 5.90 Å². The summed E-state index contributed by atoms with van der Waals surface area (Å²) in [4.78, 5) is 15.4. The molecule has 4 heteroatoms. The highest BCUT2D eigenvalue weighted by Crippen LogP contribution is 2.01. The van der Waals surface area contributed by atoms with Crippen LogP contribution in [0.4, 0.5) is 0 Å². The average Bonchev–Trinajstić information content (AvgIpc) is 2.31. The largest absolute Gasteiger partial charge is 0.476 e. The van der Waals surface area contributed by atoms with Gasteiger partial charge in [-0.3, -0.25) is 0 Å². The van der Waals surface area contributed by atoms with Crippen LogP contribution in [0.15, 0.2) is 35.3 Å². The lowest BCUT2D eigenvalue weighted by Gasteiger charge is -2.04. The van der Waals surface area contributed by atoms with Gasteiger partial charge in [0.2, 0.25) is 0 Å². The molecule has 1 rings (SSSR count). The number of rotatable bonds is 3. The molecule has 0 N–H and O–H groups in total. The van der Waals surface area contributed by atoms with E-state index in [1.165, 1.54) is 7.11 Å². The van der Waals surface area contributed by atoms with Crippen LogP contribution in [-0.4, -0.2) is 25.6 Å². The van der Waals surface area contributed by atoms with E-state index >= 15 is 0 Å². The van der Waals surface area contributed by atoms with Crippen molar-refractivity contribution in [3.63, 3.8) is 0 Å². The van der Waals surface area contributed by atoms with E-state index in [4.69, 9.17) is 9.47 Å². The molecule has 0 unspecified atom stereocenters. The Balaban J connectivity index is 2.63. The molecule has 86 valence electrons. The summed E-state index contributed by atoms with van der Waals surface area (Å²) in [6.45, 7) is 2.46. The minimum absolute atomic E-state index is 0.00528. The van der Waals surface area contributed by atoms with Crippen LogP contribution in [0.3, 0.4) is 0 Å². The van der Waals surface area contributed by atoms with E-state index in [0.29, 0.717) is 13.2 Å². The van der Waals surface area contributed by atoms with Gasteiger partial charge in [-0.05, 0) is 12.5 Å². The van der Waals surface area contributed by atoms with E-state index < -0.39 is 5.97 Å². The Labute approximate surface area is 94.9 Å². The summed E-state index contributed by atoms with van der Waals surface area (Å²) in [6, 6.07) is 9.63. The number of nitrogens with zero attached hydrogens (tertiary/aromatic N) is 1. The third-order valence-electron chi connectivity index (χ3n) is 1.89. The molecular weight excluding hydrogens is 206 g/mol. The third kappa shape index (κ3) is 3.73. The first-order valence-corrected chi connectivity index (χ1v) is 5.07. The van der Waals surface area contributed by atoms with Crippen LogP contribution < -0.4 is 0 Å². The summed E-state index contributed by atoms with van der Waals surface area (Å²) in [5.41, 5.74) is 1.02. The summed E-state index contributed by atoms with van der Waals surface area (Å²) in [6.07, 6.45) is 0. The number of benzene rings is 1. The highest BCUT2D eigenvalue weighted by molar-refractivity contribution is 6.32. The minimum atomic E-state index is -0.527. The van der Waals surface area contributed by atoms with E-state index in [0.717, 1.165) is 5.56 Å². The fourth-order valence-corrected chi connectivity index (χ4v) is 1.15. The number of aliphatic imine (C=N–C) groups is 1. The zero-order valence-corrected chi connectivity index (χ0v) is 9.47. The first-order chi connectivity index (χ1) is 7.77. The van der Waals surface area contributed by atoms with Crippen LogP contribution >= 0.6 is 0 Å². The molecule has 0 saturated heterocycles. The van der Waals surface area contributed by atoms with Crippen molar-refractivity contribution in [1.29, 1.82) is 0 Å². The number of carbonyl (C=O) groups is 1. The molecule has 4 nitrogen and oxygen atoms in total. The molecule has 0 radical (unpaired) electrons. The fraction of sp³-hybridized carbons (Fsp3) is 0.333. The fourth-order valence-electron chi connectivity index (χ4n) is 1.15. The Morgan fingerprint density at radius 2 is 2.00 bits per heavy atom. The maximum atomic E-state index is 11.3. The topological polar surface area (TPSA) is 47.9 Å². The molecule has 0 aromatic heterocycles. The van der Waals surface area contributed by atoms with Gasteiger partial charge in [-0.1, -0.05) is 30.3 Å². The van der Waals surface area contributed by atoms with Gasteiger partial charge in [0.05, 0.1) is 20.3 Å². The van der Waals surface area contributed by atoms with E-state index in [1.54, 1.807) is 6.92 Å². The third-order valence-corrected chi connectivity index (χ3v) is 1.89. The number of ether oxygens (including phenoxy) is 2. The number of hydrogen-bond donors (Lipinski definition) is 0. The van der Waals surface area contributed by atoms with Gasteiger partial charge < -0.3 is 9.47 Å². The Hall–Kier alpha value is -1.84. The average molecular weight is 221 g/mol. The summed E-state index contributed by atoms with van der Waals surface area (Å²) < 4.78 is 9.65. The molecule has 0 aliphatic carbocycles. The second-order valence-electron chi connectivity index (χ2n) is 3.03. The number of carbonyl (C=O) groups excluding carboxylic acids is 1. The monoisotopic (exact) mass is 221 g/mol. The lowest BCUT2D eigenvalue weighted by atomic mass is 10.2. The molecule has 16 heavy (non-hydrogen) atoms. The van der Waals surface area contributed by atoms with Crippen LogP contribution in [0.1, 0.15) is 12.5 Å². The summed E-state index contributed by atoms with van der Waals surface area (Å²) in [5.74, 6) is -0.522. The van der Waals surface area contributed by atoms with E-state index in [2.05, 4.69) is 4.99 Å². The first kappa shape index (κ1) is 12.2. The zero-order chi connectivity index (χ0) is 11.8. The molecule has 1 aromatic rings. The minimum Gasteiger partial charge on any atom is -0.476 e. The molecule has 0 aliphatic heterocycles. The smallest absolute Gasteiger partial charge is 0.393 e. The Kier molecular flexibility index (Phi) is 5.05. The lowest BCUT2D eigenvalue weighted by Crippen LogP contribution is -2.19. The summed E-state index contributed by atoms with van der Waals surface area (Å²) in [5, 5.41) is 0. The van der Waals surface area contributed by atoms with Crippen LogP contribution in [0.25, 0.3) is 0 Å². The second kappa shape index (κ2) is 6.61. The van der Waals surface area contributed by atoms with Crippen molar-refractivity contribution in [2.24, 2.45) is 4.99 Å². The quantitative estimate of drug-likeness (QED) is 0.444. The van der Waals surface area contributed by atoms with Gasteiger partial charge in [-0.2, -0.15) is 0 Å². The predicted molar refractivity (Wildman–Crippen MR) is 61.2 cm³/mol. The zero-order valence-electron chi connectivity index (χ0n) is 9.47. The summed E-state index contributed by atoms with van der Waals surface area (Å²) in [7, 11) is 1.40. The van der Waals surface area contributed by atoms with Crippen LogP contribution in [0, 0.1) is 0 Å². The van der Waals surface area contributed by atoms with Crippen molar-refractivity contribution < 1.29 is 14.3 Å². The Morgan fingerprint density at radius 1 is 1.31 bits per heavy atom. The molecule has 0 bridgehead atoms. The van der Waals surface area contributed by atoms with Crippen molar-refractivity contribution in [3.05, 3.63) is 35.9 Å². The van der Waals surface area contributed by atoms with Crippen molar-refractivity contribution >= 4 is 11.9 Å². The first-order valence-electron chi connectivity index (χ1n) is 5.07. The van der Waals surface area contributed by atoms with Gasteiger partial charge in [0.15, 0.2) is 0 Å². The molecule has 0 saturated carbocycles. The van der Waals surface area contributed by atoms with Crippen molar-refractivity contribution in [1.82, 2.24) is 0 Å². The van der Waals surface area contributed by atoms with Crippen LogP contribution in [0.5, 0.6) is 0 Å². The molecular formula is C12H15NO3. The lowest BCUT2D eigenvalue weighted by molar-refractivity contribution is -0.136. The van der Waals surface area contributed by atoms with Gasteiger partial charge >= 0.3 is 5.97 Å². The van der Waals surface area contributed by atoms with Gasteiger partial charge in [-0.15, -0.1) is 0 Å². The maximum Gasteiger partial charge on any atom is 0.393 e.